The zero-order chi connectivity index (χ0) is 15.4. The molecule has 0 fully saturated rings. The monoisotopic (exact) mass is 368 g/mol. The number of amides is 1. The van der Waals surface area contributed by atoms with Gasteiger partial charge in [0.25, 0.3) is 5.91 Å². The van der Waals surface area contributed by atoms with Gasteiger partial charge >= 0.3 is 0 Å². The Morgan fingerprint density at radius 2 is 2.14 bits per heavy atom. The van der Waals surface area contributed by atoms with Crippen LogP contribution in [-0.4, -0.2) is 13.0 Å². The first-order chi connectivity index (χ1) is 10.0. The molecule has 0 spiro atoms. The number of nitrogens with one attached hydrogen (secondary N) is 1. The molecule has 0 unspecified atom stereocenters. The Labute approximate surface area is 136 Å². The van der Waals surface area contributed by atoms with Crippen molar-refractivity contribution in [2.75, 3.05) is 12.8 Å². The third kappa shape index (κ3) is 3.68. The van der Waals surface area contributed by atoms with Gasteiger partial charge in [0.2, 0.25) is 0 Å². The molecule has 3 N–H and O–H groups in total. The first-order valence-corrected chi connectivity index (χ1v) is 7.34. The van der Waals surface area contributed by atoms with Crippen molar-refractivity contribution in [3.8, 4) is 5.75 Å². The van der Waals surface area contributed by atoms with E-state index in [4.69, 9.17) is 22.1 Å². The summed E-state index contributed by atoms with van der Waals surface area (Å²) in [7, 11) is 1.56. The van der Waals surface area contributed by atoms with E-state index in [1.165, 1.54) is 0 Å². The Kier molecular flexibility index (Phi) is 5.09. The lowest BCUT2D eigenvalue weighted by molar-refractivity contribution is 0.0951. The van der Waals surface area contributed by atoms with Gasteiger partial charge in [0.15, 0.2) is 0 Å². The highest BCUT2D eigenvalue weighted by Gasteiger charge is 2.13. The average Bonchev–Trinajstić information content (AvgIpc) is 2.47. The number of carbonyl (C=O) groups excluding carboxylic acids is 1. The molecule has 2 aromatic carbocycles. The maximum atomic E-state index is 12.2. The molecule has 0 heterocycles. The quantitative estimate of drug-likeness (QED) is 0.809. The van der Waals surface area contributed by atoms with Crippen LogP contribution in [0.25, 0.3) is 0 Å². The smallest absolute Gasteiger partial charge is 0.253 e. The largest absolute Gasteiger partial charge is 0.496 e. The third-order valence-electron chi connectivity index (χ3n) is 2.98. The molecule has 2 aromatic rings. The molecule has 6 heteroatoms. The summed E-state index contributed by atoms with van der Waals surface area (Å²) in [5.74, 6) is 0.362. The van der Waals surface area contributed by atoms with Crippen LogP contribution >= 0.6 is 27.5 Å². The molecule has 1 amide bonds. The minimum atomic E-state index is -0.268. The average molecular weight is 370 g/mol. The van der Waals surface area contributed by atoms with Crippen molar-refractivity contribution in [2.24, 2.45) is 0 Å². The number of hydrogen-bond donors (Lipinski definition) is 2. The van der Waals surface area contributed by atoms with Crippen molar-refractivity contribution >= 4 is 39.1 Å². The number of nitrogens with two attached hydrogens (primary N) is 1. The molecule has 0 saturated heterocycles. The predicted octanol–water partition coefficient (Wildman–Crippen LogP) is 3.62. The van der Waals surface area contributed by atoms with Crippen LogP contribution in [0.4, 0.5) is 5.69 Å². The Bertz CT molecular complexity index is 677. The van der Waals surface area contributed by atoms with Gasteiger partial charge < -0.3 is 15.8 Å². The summed E-state index contributed by atoms with van der Waals surface area (Å²) in [6.07, 6.45) is 0. The number of anilines is 1. The van der Waals surface area contributed by atoms with Gasteiger partial charge in [0.1, 0.15) is 5.75 Å². The van der Waals surface area contributed by atoms with E-state index in [1.54, 1.807) is 43.5 Å². The summed E-state index contributed by atoms with van der Waals surface area (Å²) in [4.78, 5) is 12.2. The van der Waals surface area contributed by atoms with Crippen LogP contribution < -0.4 is 15.8 Å². The lowest BCUT2D eigenvalue weighted by atomic mass is 10.1. The number of nitrogen functional groups attached to an aromatic ring is 1. The molecule has 0 radical (unpaired) electrons. The molecule has 0 aromatic heterocycles. The van der Waals surface area contributed by atoms with Crippen LogP contribution in [0, 0.1) is 0 Å². The van der Waals surface area contributed by atoms with Crippen molar-refractivity contribution in [3.63, 3.8) is 0 Å². The molecule has 2 rings (SSSR count). The summed E-state index contributed by atoms with van der Waals surface area (Å²) in [5.41, 5.74) is 7.37. The van der Waals surface area contributed by atoms with Gasteiger partial charge in [0.05, 0.1) is 12.7 Å². The molecule has 0 aliphatic heterocycles. The molecule has 4 nitrogen and oxygen atoms in total. The van der Waals surface area contributed by atoms with Gasteiger partial charge in [-0.2, -0.15) is 0 Å². The van der Waals surface area contributed by atoms with E-state index < -0.39 is 0 Å². The van der Waals surface area contributed by atoms with Crippen LogP contribution in [0.5, 0.6) is 5.75 Å². The van der Waals surface area contributed by atoms with Gasteiger partial charge in [-0.15, -0.1) is 0 Å². The fraction of sp³-hybridized carbons (Fsp3) is 0.133. The molecular formula is C15H14BrClN2O2. The second-order valence-electron chi connectivity index (χ2n) is 4.33. The fourth-order valence-corrected chi connectivity index (χ4v) is 2.48. The number of halogens is 2. The van der Waals surface area contributed by atoms with Crippen molar-refractivity contribution in [3.05, 3.63) is 57.0 Å². The van der Waals surface area contributed by atoms with Crippen LogP contribution in [0.2, 0.25) is 5.02 Å². The first kappa shape index (κ1) is 15.7. The van der Waals surface area contributed by atoms with E-state index in [0.717, 1.165) is 10.0 Å². The zero-order valence-corrected chi connectivity index (χ0v) is 13.7. The lowest BCUT2D eigenvalue weighted by Gasteiger charge is -2.12. The maximum Gasteiger partial charge on any atom is 0.253 e. The highest BCUT2D eigenvalue weighted by Crippen LogP contribution is 2.26. The maximum absolute atomic E-state index is 12.2. The number of carbonyl (C=O) groups is 1. The third-order valence-corrected chi connectivity index (χ3v) is 3.83. The van der Waals surface area contributed by atoms with E-state index in [2.05, 4.69) is 21.2 Å². The number of methoxy groups -OCH3 is 1. The van der Waals surface area contributed by atoms with Crippen molar-refractivity contribution in [1.29, 1.82) is 0 Å². The second kappa shape index (κ2) is 6.83. The molecule has 21 heavy (non-hydrogen) atoms. The fourth-order valence-electron chi connectivity index (χ4n) is 1.89. The molecule has 0 bridgehead atoms. The van der Waals surface area contributed by atoms with Gasteiger partial charge in [0, 0.05) is 27.3 Å². The summed E-state index contributed by atoms with van der Waals surface area (Å²) in [6, 6.07) is 10.5. The molecule has 0 atom stereocenters. The van der Waals surface area contributed by atoms with E-state index in [0.29, 0.717) is 22.0 Å². The molecule has 110 valence electrons. The van der Waals surface area contributed by atoms with E-state index in [-0.39, 0.29) is 12.5 Å². The number of benzene rings is 2. The van der Waals surface area contributed by atoms with E-state index in [9.17, 15) is 4.79 Å². The molecule has 0 saturated carbocycles. The SMILES string of the molecule is COc1cccc(Cl)c1CNC(=O)c1cc(Br)ccc1N. The van der Waals surface area contributed by atoms with Crippen molar-refractivity contribution < 1.29 is 9.53 Å². The first-order valence-electron chi connectivity index (χ1n) is 6.17. The van der Waals surface area contributed by atoms with Crippen molar-refractivity contribution in [2.45, 2.75) is 6.54 Å². The number of hydrogen-bond acceptors (Lipinski definition) is 3. The van der Waals surface area contributed by atoms with Gasteiger partial charge in [-0.25, -0.2) is 0 Å². The highest BCUT2D eigenvalue weighted by molar-refractivity contribution is 9.10. The Balaban J connectivity index is 2.17. The summed E-state index contributed by atoms with van der Waals surface area (Å²) in [6.45, 7) is 0.258. The van der Waals surface area contributed by atoms with E-state index >= 15 is 0 Å². The van der Waals surface area contributed by atoms with Crippen LogP contribution in [0.15, 0.2) is 40.9 Å². The normalized spacial score (nSPS) is 10.2. The minimum Gasteiger partial charge on any atom is -0.496 e. The van der Waals surface area contributed by atoms with Crippen LogP contribution in [-0.2, 0) is 6.54 Å². The molecule has 0 aliphatic carbocycles. The summed E-state index contributed by atoms with van der Waals surface area (Å²) >= 11 is 9.45. The lowest BCUT2D eigenvalue weighted by Crippen LogP contribution is -2.24. The molecular weight excluding hydrogens is 356 g/mol. The van der Waals surface area contributed by atoms with Crippen LogP contribution in [0.3, 0.4) is 0 Å². The Morgan fingerprint density at radius 1 is 1.38 bits per heavy atom. The second-order valence-corrected chi connectivity index (χ2v) is 5.66. The Morgan fingerprint density at radius 3 is 2.86 bits per heavy atom. The summed E-state index contributed by atoms with van der Waals surface area (Å²) in [5, 5.41) is 3.33. The van der Waals surface area contributed by atoms with Crippen LogP contribution in [0.1, 0.15) is 15.9 Å². The highest BCUT2D eigenvalue weighted by atomic mass is 79.9. The van der Waals surface area contributed by atoms with Gasteiger partial charge in [-0.05, 0) is 30.3 Å². The number of ether oxygens (including phenoxy) is 1. The minimum absolute atomic E-state index is 0.258. The Hall–Kier alpha value is -1.72. The zero-order valence-electron chi connectivity index (χ0n) is 11.3. The topological polar surface area (TPSA) is 64.3 Å². The van der Waals surface area contributed by atoms with Crippen molar-refractivity contribution in [1.82, 2.24) is 5.32 Å². The van der Waals surface area contributed by atoms with E-state index in [1.807, 2.05) is 0 Å². The summed E-state index contributed by atoms with van der Waals surface area (Å²) < 4.78 is 6.03. The van der Waals surface area contributed by atoms with Gasteiger partial charge in [-0.3, -0.25) is 4.79 Å². The predicted molar refractivity (Wildman–Crippen MR) is 87.7 cm³/mol. The standard InChI is InChI=1S/C15H14BrClN2O2/c1-21-14-4-2-3-12(17)11(14)8-19-15(20)10-7-9(16)5-6-13(10)18/h2-7H,8,18H2,1H3,(H,19,20). The van der Waals surface area contributed by atoms with Gasteiger partial charge in [-0.1, -0.05) is 33.6 Å². The molecule has 0 aliphatic rings. The number of rotatable bonds is 4.